The highest BCUT2D eigenvalue weighted by molar-refractivity contribution is 5.97. The largest absolute Gasteiger partial charge is 0.465 e. The van der Waals surface area contributed by atoms with Crippen molar-refractivity contribution >= 4 is 17.7 Å². The summed E-state index contributed by atoms with van der Waals surface area (Å²) < 4.78 is 15.0. The first-order valence-electron chi connectivity index (χ1n) is 11.0. The van der Waals surface area contributed by atoms with Crippen molar-refractivity contribution in [3.8, 4) is 11.1 Å². The fourth-order valence-corrected chi connectivity index (χ4v) is 4.14. The molecule has 6 nitrogen and oxygen atoms in total. The molecule has 7 heteroatoms. The van der Waals surface area contributed by atoms with Crippen LogP contribution in [0.25, 0.3) is 11.1 Å². The zero-order valence-corrected chi connectivity index (χ0v) is 19.0. The van der Waals surface area contributed by atoms with Gasteiger partial charge in [0.25, 0.3) is 0 Å². The van der Waals surface area contributed by atoms with Crippen LogP contribution in [0, 0.1) is 12.7 Å². The van der Waals surface area contributed by atoms with E-state index in [2.05, 4.69) is 15.6 Å². The van der Waals surface area contributed by atoms with E-state index in [4.69, 9.17) is 0 Å². The minimum Gasteiger partial charge on any atom is -0.465 e. The van der Waals surface area contributed by atoms with Crippen LogP contribution in [0.1, 0.15) is 22.6 Å². The van der Waals surface area contributed by atoms with Gasteiger partial charge in [-0.05, 0) is 53.4 Å². The molecule has 0 aliphatic carbocycles. The lowest BCUT2D eigenvalue weighted by Crippen LogP contribution is -2.47. The smallest absolute Gasteiger partial charge is 0.405 e. The lowest BCUT2D eigenvalue weighted by molar-refractivity contribution is -0.118. The predicted molar refractivity (Wildman–Crippen MR) is 133 cm³/mol. The minimum absolute atomic E-state index is 0.222. The van der Waals surface area contributed by atoms with Crippen LogP contribution in [-0.2, 0) is 4.79 Å². The highest BCUT2D eigenvalue weighted by atomic mass is 19.1. The second kappa shape index (κ2) is 10.6. The summed E-state index contributed by atoms with van der Waals surface area (Å²) in [6, 6.07) is 23.3. The Morgan fingerprint density at radius 1 is 0.886 bits per heavy atom. The Kier molecular flexibility index (Phi) is 7.16. The zero-order valence-electron chi connectivity index (χ0n) is 19.0. The van der Waals surface area contributed by atoms with E-state index in [1.54, 1.807) is 30.6 Å². The van der Waals surface area contributed by atoms with Gasteiger partial charge in [0, 0.05) is 29.6 Å². The molecule has 0 bridgehead atoms. The highest BCUT2D eigenvalue weighted by Gasteiger charge is 2.32. The van der Waals surface area contributed by atoms with Crippen molar-refractivity contribution < 1.29 is 19.1 Å². The Balaban J connectivity index is 1.67. The van der Waals surface area contributed by atoms with E-state index < -0.39 is 29.8 Å². The highest BCUT2D eigenvalue weighted by Crippen LogP contribution is 2.30. The lowest BCUT2D eigenvalue weighted by Gasteiger charge is -2.27. The van der Waals surface area contributed by atoms with Gasteiger partial charge in [0.05, 0.1) is 0 Å². The van der Waals surface area contributed by atoms with Crippen molar-refractivity contribution in [1.82, 2.24) is 10.3 Å². The Morgan fingerprint density at radius 2 is 1.51 bits per heavy atom. The molecule has 0 saturated carbocycles. The number of carbonyl (C=O) groups excluding carboxylic acids is 1. The minimum atomic E-state index is -1.34. The van der Waals surface area contributed by atoms with Gasteiger partial charge in [-0.15, -0.1) is 0 Å². The number of hydrogen-bond acceptors (Lipinski definition) is 3. The van der Waals surface area contributed by atoms with Crippen LogP contribution in [0.15, 0.2) is 97.3 Å². The molecule has 1 heterocycles. The Morgan fingerprint density at radius 3 is 2.06 bits per heavy atom. The monoisotopic (exact) mass is 469 g/mol. The molecule has 3 aromatic carbocycles. The normalized spacial score (nSPS) is 11.6. The molecule has 4 aromatic rings. The van der Waals surface area contributed by atoms with Gasteiger partial charge < -0.3 is 15.7 Å². The molecule has 0 saturated heterocycles. The molecule has 0 unspecified atom stereocenters. The van der Waals surface area contributed by atoms with E-state index in [1.807, 2.05) is 67.6 Å². The Hall–Kier alpha value is -4.52. The predicted octanol–water partition coefficient (Wildman–Crippen LogP) is 5.60. The zero-order chi connectivity index (χ0) is 24.8. The molecule has 1 aromatic heterocycles. The molecule has 0 radical (unpaired) electrons. The number of nitrogens with one attached hydrogen (secondary N) is 2. The SMILES string of the molecule is Cc1cnccc1-c1ccc(NC(=O)[C@@H](NC(=O)O)C(c2ccccc2)c2ccccc2)cc1F. The number of nitrogens with zero attached hydrogens (tertiary/aromatic N) is 1. The van der Waals surface area contributed by atoms with Gasteiger partial charge in [0.2, 0.25) is 5.91 Å². The first-order valence-corrected chi connectivity index (χ1v) is 11.0. The van der Waals surface area contributed by atoms with Crippen LogP contribution in [0.4, 0.5) is 14.9 Å². The second-order valence-corrected chi connectivity index (χ2v) is 8.10. The summed E-state index contributed by atoms with van der Waals surface area (Å²) >= 11 is 0. The summed E-state index contributed by atoms with van der Waals surface area (Å²) in [5.74, 6) is -1.71. The maximum atomic E-state index is 15.0. The summed E-state index contributed by atoms with van der Waals surface area (Å²) in [6.07, 6.45) is 1.91. The number of carbonyl (C=O) groups is 2. The van der Waals surface area contributed by atoms with Crippen molar-refractivity contribution in [2.24, 2.45) is 0 Å². The van der Waals surface area contributed by atoms with Gasteiger partial charge in [0.15, 0.2) is 0 Å². The summed E-state index contributed by atoms with van der Waals surface area (Å²) in [4.78, 5) is 29.1. The number of halogens is 1. The standard InChI is InChI=1S/C28H24FN3O3/c1-18-17-30-15-14-22(18)23-13-12-21(16-24(23)29)31-27(33)26(32-28(34)35)25(19-8-4-2-5-9-19)20-10-6-3-7-11-20/h2-17,25-26,32H,1H3,(H,31,33)(H,34,35)/t26-/m0/s1. The van der Waals surface area contributed by atoms with Gasteiger partial charge >= 0.3 is 6.09 Å². The number of carboxylic acid groups (broad SMARTS) is 1. The summed E-state index contributed by atoms with van der Waals surface area (Å²) in [5.41, 5.74) is 3.66. The van der Waals surface area contributed by atoms with E-state index in [-0.39, 0.29) is 5.69 Å². The molecule has 35 heavy (non-hydrogen) atoms. The maximum Gasteiger partial charge on any atom is 0.405 e. The molecular weight excluding hydrogens is 445 g/mol. The second-order valence-electron chi connectivity index (χ2n) is 8.10. The molecule has 0 spiro atoms. The molecular formula is C28H24FN3O3. The fourth-order valence-electron chi connectivity index (χ4n) is 4.14. The number of amides is 2. The van der Waals surface area contributed by atoms with Crippen LogP contribution in [0.5, 0.6) is 0 Å². The van der Waals surface area contributed by atoms with Crippen molar-refractivity contribution in [2.75, 3.05) is 5.32 Å². The van der Waals surface area contributed by atoms with Gasteiger partial charge in [-0.1, -0.05) is 60.7 Å². The molecule has 0 fully saturated rings. The average Bonchev–Trinajstić information content (AvgIpc) is 2.85. The quantitative estimate of drug-likeness (QED) is 0.328. The van der Waals surface area contributed by atoms with Gasteiger partial charge in [-0.2, -0.15) is 0 Å². The molecule has 176 valence electrons. The number of pyridine rings is 1. The molecule has 0 aliphatic rings. The van der Waals surface area contributed by atoms with Crippen molar-refractivity contribution in [3.63, 3.8) is 0 Å². The number of anilines is 1. The van der Waals surface area contributed by atoms with Crippen molar-refractivity contribution in [2.45, 2.75) is 18.9 Å². The van der Waals surface area contributed by atoms with Crippen molar-refractivity contribution in [3.05, 3.63) is 120 Å². The molecule has 4 rings (SSSR count). The third-order valence-corrected chi connectivity index (χ3v) is 5.76. The Labute approximate surface area is 202 Å². The summed E-state index contributed by atoms with van der Waals surface area (Å²) in [5, 5.41) is 14.6. The summed E-state index contributed by atoms with van der Waals surface area (Å²) in [6.45, 7) is 1.84. The Bertz CT molecular complexity index is 1290. The van der Waals surface area contributed by atoms with Crippen LogP contribution >= 0.6 is 0 Å². The number of benzene rings is 3. The maximum absolute atomic E-state index is 15.0. The molecule has 2 amide bonds. The van der Waals surface area contributed by atoms with E-state index in [0.717, 1.165) is 16.7 Å². The van der Waals surface area contributed by atoms with E-state index >= 15 is 0 Å². The topological polar surface area (TPSA) is 91.3 Å². The number of aryl methyl sites for hydroxylation is 1. The van der Waals surface area contributed by atoms with E-state index in [1.165, 1.54) is 6.07 Å². The van der Waals surface area contributed by atoms with E-state index in [9.17, 15) is 19.1 Å². The van der Waals surface area contributed by atoms with Crippen molar-refractivity contribution in [1.29, 1.82) is 0 Å². The van der Waals surface area contributed by atoms with Crippen LogP contribution in [0.3, 0.4) is 0 Å². The summed E-state index contributed by atoms with van der Waals surface area (Å²) in [7, 11) is 0. The first kappa shape index (κ1) is 23.6. The third kappa shape index (κ3) is 5.52. The van der Waals surface area contributed by atoms with Gasteiger partial charge in [-0.25, -0.2) is 9.18 Å². The third-order valence-electron chi connectivity index (χ3n) is 5.76. The molecule has 3 N–H and O–H groups in total. The van der Waals surface area contributed by atoms with Gasteiger partial charge in [-0.3, -0.25) is 9.78 Å². The van der Waals surface area contributed by atoms with Crippen LogP contribution in [0.2, 0.25) is 0 Å². The number of aromatic nitrogens is 1. The molecule has 0 aliphatic heterocycles. The molecule has 1 atom stereocenters. The first-order chi connectivity index (χ1) is 16.9. The van der Waals surface area contributed by atoms with E-state index in [0.29, 0.717) is 11.1 Å². The van der Waals surface area contributed by atoms with Gasteiger partial charge in [0.1, 0.15) is 11.9 Å². The lowest BCUT2D eigenvalue weighted by atomic mass is 9.84. The number of hydrogen-bond donors (Lipinski definition) is 3. The fraction of sp³-hybridized carbons (Fsp3) is 0.107. The van der Waals surface area contributed by atoms with Crippen LogP contribution in [-0.4, -0.2) is 28.1 Å². The number of rotatable bonds is 7. The average molecular weight is 470 g/mol. The van der Waals surface area contributed by atoms with Crippen LogP contribution < -0.4 is 10.6 Å².